The van der Waals surface area contributed by atoms with Gasteiger partial charge in [-0.15, -0.1) is 0 Å². The molecule has 0 amide bonds. The standard InChI is InChI=1S/C13H20FNO2/c1-3-13(15-12(8-16)9-17-2)10-4-6-11(14)7-5-10/h4-7,12-13,15-16H,3,8-9H2,1-2H3. The molecule has 96 valence electrons. The van der Waals surface area contributed by atoms with Gasteiger partial charge in [0.05, 0.1) is 19.3 Å². The van der Waals surface area contributed by atoms with Crippen LogP contribution in [0, 0.1) is 5.82 Å². The fraction of sp³-hybridized carbons (Fsp3) is 0.538. The van der Waals surface area contributed by atoms with Crippen LogP contribution in [0.1, 0.15) is 24.9 Å². The highest BCUT2D eigenvalue weighted by Gasteiger charge is 2.14. The number of methoxy groups -OCH3 is 1. The van der Waals surface area contributed by atoms with Crippen molar-refractivity contribution in [3.8, 4) is 0 Å². The Morgan fingerprint density at radius 2 is 2.00 bits per heavy atom. The van der Waals surface area contributed by atoms with Crippen molar-refractivity contribution in [1.82, 2.24) is 5.32 Å². The maximum absolute atomic E-state index is 12.8. The lowest BCUT2D eigenvalue weighted by Crippen LogP contribution is -2.38. The van der Waals surface area contributed by atoms with Crippen LogP contribution in [0.5, 0.6) is 0 Å². The van der Waals surface area contributed by atoms with Crippen LogP contribution < -0.4 is 5.32 Å². The van der Waals surface area contributed by atoms with E-state index in [1.165, 1.54) is 12.1 Å². The molecule has 0 aliphatic heterocycles. The van der Waals surface area contributed by atoms with Gasteiger partial charge in [0.1, 0.15) is 5.82 Å². The molecule has 3 nitrogen and oxygen atoms in total. The maximum Gasteiger partial charge on any atom is 0.123 e. The van der Waals surface area contributed by atoms with E-state index in [0.29, 0.717) is 6.61 Å². The zero-order valence-corrected chi connectivity index (χ0v) is 10.3. The Morgan fingerprint density at radius 3 is 2.47 bits per heavy atom. The molecular formula is C13H20FNO2. The summed E-state index contributed by atoms with van der Waals surface area (Å²) in [6.45, 7) is 2.52. The maximum atomic E-state index is 12.8. The summed E-state index contributed by atoms with van der Waals surface area (Å²) >= 11 is 0. The molecule has 0 spiro atoms. The van der Waals surface area contributed by atoms with E-state index < -0.39 is 0 Å². The highest BCUT2D eigenvalue weighted by molar-refractivity contribution is 5.19. The molecule has 0 saturated heterocycles. The van der Waals surface area contributed by atoms with Crippen LogP contribution in [-0.2, 0) is 4.74 Å². The van der Waals surface area contributed by atoms with Gasteiger partial charge in [0.15, 0.2) is 0 Å². The number of aliphatic hydroxyl groups excluding tert-OH is 1. The average Bonchev–Trinajstić information content (AvgIpc) is 2.36. The third-order valence-corrected chi connectivity index (χ3v) is 2.71. The summed E-state index contributed by atoms with van der Waals surface area (Å²) in [7, 11) is 1.60. The third kappa shape index (κ3) is 4.42. The highest BCUT2D eigenvalue weighted by Crippen LogP contribution is 2.17. The second kappa shape index (κ2) is 7.37. The van der Waals surface area contributed by atoms with E-state index in [1.54, 1.807) is 19.2 Å². The van der Waals surface area contributed by atoms with Crippen molar-refractivity contribution in [2.75, 3.05) is 20.3 Å². The molecule has 0 radical (unpaired) electrons. The van der Waals surface area contributed by atoms with E-state index in [2.05, 4.69) is 5.32 Å². The number of nitrogens with one attached hydrogen (secondary N) is 1. The second-order valence-corrected chi connectivity index (χ2v) is 4.01. The molecular weight excluding hydrogens is 221 g/mol. The molecule has 2 N–H and O–H groups in total. The van der Waals surface area contributed by atoms with Gasteiger partial charge in [-0.05, 0) is 24.1 Å². The van der Waals surface area contributed by atoms with Crippen molar-refractivity contribution < 1.29 is 14.2 Å². The minimum absolute atomic E-state index is 0.0194. The van der Waals surface area contributed by atoms with Crippen molar-refractivity contribution in [3.63, 3.8) is 0 Å². The molecule has 0 fully saturated rings. The fourth-order valence-electron chi connectivity index (χ4n) is 1.78. The Bertz CT molecular complexity index is 316. The van der Waals surface area contributed by atoms with Gasteiger partial charge in [0.2, 0.25) is 0 Å². The van der Waals surface area contributed by atoms with Crippen molar-refractivity contribution in [2.45, 2.75) is 25.4 Å². The number of aliphatic hydroxyl groups is 1. The number of rotatable bonds is 7. The summed E-state index contributed by atoms with van der Waals surface area (Å²) in [6, 6.07) is 6.42. The number of halogens is 1. The minimum Gasteiger partial charge on any atom is -0.395 e. The first-order chi connectivity index (χ1) is 8.21. The van der Waals surface area contributed by atoms with Crippen LogP contribution in [0.3, 0.4) is 0 Å². The van der Waals surface area contributed by atoms with Gasteiger partial charge in [-0.2, -0.15) is 0 Å². The molecule has 4 heteroatoms. The Kier molecular flexibility index (Phi) is 6.11. The number of hydrogen-bond donors (Lipinski definition) is 2. The van der Waals surface area contributed by atoms with Gasteiger partial charge in [-0.1, -0.05) is 19.1 Å². The van der Waals surface area contributed by atoms with E-state index in [0.717, 1.165) is 12.0 Å². The van der Waals surface area contributed by atoms with Gasteiger partial charge in [-0.3, -0.25) is 0 Å². The van der Waals surface area contributed by atoms with Gasteiger partial charge < -0.3 is 15.2 Å². The summed E-state index contributed by atoms with van der Waals surface area (Å²) in [4.78, 5) is 0. The quantitative estimate of drug-likeness (QED) is 0.765. The first-order valence-corrected chi connectivity index (χ1v) is 5.82. The lowest BCUT2D eigenvalue weighted by molar-refractivity contribution is 0.121. The Labute approximate surface area is 102 Å². The minimum atomic E-state index is -0.237. The lowest BCUT2D eigenvalue weighted by Gasteiger charge is -2.23. The molecule has 2 unspecified atom stereocenters. The Morgan fingerprint density at radius 1 is 1.35 bits per heavy atom. The predicted octanol–water partition coefficient (Wildman–Crippen LogP) is 1.87. The van der Waals surface area contributed by atoms with Crippen LogP contribution >= 0.6 is 0 Å². The van der Waals surface area contributed by atoms with E-state index >= 15 is 0 Å². The molecule has 0 heterocycles. The monoisotopic (exact) mass is 241 g/mol. The average molecular weight is 241 g/mol. The van der Waals surface area contributed by atoms with E-state index in [-0.39, 0.29) is 24.5 Å². The van der Waals surface area contributed by atoms with Crippen molar-refractivity contribution >= 4 is 0 Å². The first kappa shape index (κ1) is 14.1. The zero-order valence-electron chi connectivity index (χ0n) is 10.3. The van der Waals surface area contributed by atoms with Crippen molar-refractivity contribution in [2.24, 2.45) is 0 Å². The van der Waals surface area contributed by atoms with Crippen molar-refractivity contribution in [3.05, 3.63) is 35.6 Å². The SMILES string of the molecule is CCC(NC(CO)COC)c1ccc(F)cc1. The van der Waals surface area contributed by atoms with Gasteiger partial charge in [0.25, 0.3) is 0 Å². The molecule has 0 saturated carbocycles. The molecule has 0 aliphatic rings. The zero-order chi connectivity index (χ0) is 12.7. The number of ether oxygens (including phenoxy) is 1. The number of hydrogen-bond acceptors (Lipinski definition) is 3. The van der Waals surface area contributed by atoms with Crippen LogP contribution in [0.4, 0.5) is 4.39 Å². The van der Waals surface area contributed by atoms with Crippen LogP contribution in [0.2, 0.25) is 0 Å². The van der Waals surface area contributed by atoms with Crippen molar-refractivity contribution in [1.29, 1.82) is 0 Å². The van der Waals surface area contributed by atoms with E-state index in [9.17, 15) is 9.50 Å². The van der Waals surface area contributed by atoms with Gasteiger partial charge in [0, 0.05) is 13.2 Å². The normalized spacial score (nSPS) is 14.6. The lowest BCUT2D eigenvalue weighted by atomic mass is 10.0. The highest BCUT2D eigenvalue weighted by atomic mass is 19.1. The third-order valence-electron chi connectivity index (χ3n) is 2.71. The molecule has 1 rings (SSSR count). The largest absolute Gasteiger partial charge is 0.395 e. The second-order valence-electron chi connectivity index (χ2n) is 4.01. The smallest absolute Gasteiger partial charge is 0.123 e. The van der Waals surface area contributed by atoms with Crippen LogP contribution in [-0.4, -0.2) is 31.5 Å². The number of benzene rings is 1. The summed E-state index contributed by atoms with van der Waals surface area (Å²) in [5.41, 5.74) is 1.02. The van der Waals surface area contributed by atoms with Crippen LogP contribution in [0.25, 0.3) is 0 Å². The van der Waals surface area contributed by atoms with Gasteiger partial charge in [-0.25, -0.2) is 4.39 Å². The Balaban J connectivity index is 2.67. The van der Waals surface area contributed by atoms with Gasteiger partial charge >= 0.3 is 0 Å². The molecule has 17 heavy (non-hydrogen) atoms. The predicted molar refractivity (Wildman–Crippen MR) is 65.3 cm³/mol. The molecule has 1 aromatic rings. The first-order valence-electron chi connectivity index (χ1n) is 5.82. The molecule has 0 aliphatic carbocycles. The summed E-state index contributed by atoms with van der Waals surface area (Å²) in [5.74, 6) is -0.237. The summed E-state index contributed by atoms with van der Waals surface area (Å²) in [5, 5.41) is 12.5. The van der Waals surface area contributed by atoms with E-state index in [4.69, 9.17) is 4.74 Å². The summed E-state index contributed by atoms with van der Waals surface area (Å²) in [6.07, 6.45) is 0.867. The van der Waals surface area contributed by atoms with E-state index in [1.807, 2.05) is 6.92 Å². The molecule has 0 aromatic heterocycles. The molecule has 0 bridgehead atoms. The molecule has 1 aromatic carbocycles. The molecule has 2 atom stereocenters. The summed E-state index contributed by atoms with van der Waals surface area (Å²) < 4.78 is 17.8. The fourth-order valence-corrected chi connectivity index (χ4v) is 1.78. The Hall–Kier alpha value is -0.970. The van der Waals surface area contributed by atoms with Crippen LogP contribution in [0.15, 0.2) is 24.3 Å². The topological polar surface area (TPSA) is 41.5 Å².